The molecule has 29 heavy (non-hydrogen) atoms. The van der Waals surface area contributed by atoms with Crippen LogP contribution in [0.3, 0.4) is 0 Å². The van der Waals surface area contributed by atoms with E-state index in [4.69, 9.17) is 11.6 Å². The number of amides is 1. The number of nitrogens with one attached hydrogen (secondary N) is 1. The van der Waals surface area contributed by atoms with Crippen LogP contribution in [0.1, 0.15) is 33.4 Å². The highest BCUT2D eigenvalue weighted by Gasteiger charge is 2.16. The number of halogens is 2. The summed E-state index contributed by atoms with van der Waals surface area (Å²) in [4.78, 5) is 14.6. The first-order chi connectivity index (χ1) is 13.8. The Morgan fingerprint density at radius 1 is 1.14 bits per heavy atom. The standard InChI is InChI=1S/C22H24ClFN4O/c1-14-21(23)15(2)28(26-14)19-11-7-17(8-12-19)22(29)25-13-20(27(3)4)16-5-9-18(24)10-6-16/h5-12,20H,13H2,1-4H3,(H,25,29). The SMILES string of the molecule is Cc1nn(-c2ccc(C(=O)NCC(c3ccc(F)cc3)N(C)C)cc2)c(C)c1Cl. The van der Waals surface area contributed by atoms with E-state index in [0.717, 1.165) is 22.6 Å². The molecule has 1 N–H and O–H groups in total. The molecule has 0 spiro atoms. The lowest BCUT2D eigenvalue weighted by atomic mass is 10.1. The van der Waals surface area contributed by atoms with Crippen molar-refractivity contribution in [1.29, 1.82) is 0 Å². The third kappa shape index (κ3) is 4.66. The van der Waals surface area contributed by atoms with Crippen molar-refractivity contribution in [3.8, 4) is 5.69 Å². The Balaban J connectivity index is 1.70. The number of hydrogen-bond acceptors (Lipinski definition) is 3. The number of benzene rings is 2. The van der Waals surface area contributed by atoms with Crippen molar-refractivity contribution in [1.82, 2.24) is 20.0 Å². The van der Waals surface area contributed by atoms with Crippen LogP contribution in [0.5, 0.6) is 0 Å². The van der Waals surface area contributed by atoms with Gasteiger partial charge in [-0.15, -0.1) is 0 Å². The molecule has 1 unspecified atom stereocenters. The normalized spacial score (nSPS) is 12.2. The number of rotatable bonds is 6. The van der Waals surface area contributed by atoms with Crippen LogP contribution in [0.25, 0.3) is 5.69 Å². The first kappa shape index (κ1) is 21.0. The van der Waals surface area contributed by atoms with Crippen LogP contribution < -0.4 is 5.32 Å². The largest absolute Gasteiger partial charge is 0.350 e. The number of carbonyl (C=O) groups excluding carboxylic acids is 1. The van der Waals surface area contributed by atoms with E-state index in [9.17, 15) is 9.18 Å². The first-order valence-corrected chi connectivity index (χ1v) is 9.68. The molecule has 0 aliphatic heterocycles. The number of hydrogen-bond donors (Lipinski definition) is 1. The zero-order valence-corrected chi connectivity index (χ0v) is 17.7. The van der Waals surface area contributed by atoms with Crippen molar-refractivity contribution in [2.75, 3.05) is 20.6 Å². The Kier molecular flexibility index (Phi) is 6.35. The highest BCUT2D eigenvalue weighted by molar-refractivity contribution is 6.31. The van der Waals surface area contributed by atoms with Crippen LogP contribution in [-0.2, 0) is 0 Å². The molecule has 152 valence electrons. The van der Waals surface area contributed by atoms with Crippen molar-refractivity contribution in [2.45, 2.75) is 19.9 Å². The van der Waals surface area contributed by atoms with Crippen molar-refractivity contribution < 1.29 is 9.18 Å². The topological polar surface area (TPSA) is 50.2 Å². The smallest absolute Gasteiger partial charge is 0.251 e. The number of aryl methyl sites for hydroxylation is 1. The molecule has 3 aromatic rings. The highest BCUT2D eigenvalue weighted by Crippen LogP contribution is 2.22. The Labute approximate surface area is 175 Å². The van der Waals surface area contributed by atoms with Gasteiger partial charge >= 0.3 is 0 Å². The molecule has 5 nitrogen and oxygen atoms in total. The molecule has 0 aliphatic rings. The molecule has 0 saturated heterocycles. The number of nitrogens with zero attached hydrogens (tertiary/aromatic N) is 3. The minimum Gasteiger partial charge on any atom is -0.350 e. The third-order valence-corrected chi connectivity index (χ3v) is 5.46. The Morgan fingerprint density at radius 3 is 2.28 bits per heavy atom. The molecule has 7 heteroatoms. The van der Waals surface area contributed by atoms with Crippen LogP contribution in [0.4, 0.5) is 4.39 Å². The van der Waals surface area contributed by atoms with Crippen LogP contribution >= 0.6 is 11.6 Å². The van der Waals surface area contributed by atoms with E-state index in [1.54, 1.807) is 28.9 Å². The fourth-order valence-corrected chi connectivity index (χ4v) is 3.32. The van der Waals surface area contributed by atoms with Gasteiger partial charge in [-0.1, -0.05) is 23.7 Å². The maximum atomic E-state index is 13.2. The maximum absolute atomic E-state index is 13.2. The molecule has 1 amide bonds. The Hall–Kier alpha value is -2.70. The van der Waals surface area contributed by atoms with E-state index < -0.39 is 0 Å². The predicted octanol–water partition coefficient (Wildman–Crippen LogP) is 4.31. The van der Waals surface area contributed by atoms with E-state index in [2.05, 4.69) is 10.4 Å². The van der Waals surface area contributed by atoms with E-state index >= 15 is 0 Å². The molecule has 0 aliphatic carbocycles. The summed E-state index contributed by atoms with van der Waals surface area (Å²) < 4.78 is 15.0. The minimum atomic E-state index is -0.278. The molecule has 0 fully saturated rings. The third-order valence-electron chi connectivity index (χ3n) is 4.91. The Morgan fingerprint density at radius 2 is 1.76 bits per heavy atom. The molecule has 3 rings (SSSR count). The van der Waals surface area contributed by atoms with Gasteiger partial charge in [-0.2, -0.15) is 5.10 Å². The van der Waals surface area contributed by atoms with Gasteiger partial charge in [0.2, 0.25) is 0 Å². The summed E-state index contributed by atoms with van der Waals surface area (Å²) >= 11 is 6.21. The zero-order valence-electron chi connectivity index (χ0n) is 16.9. The number of likely N-dealkylation sites (N-methyl/N-ethyl adjacent to an activating group) is 1. The molecule has 1 atom stereocenters. The van der Waals surface area contributed by atoms with E-state index in [1.165, 1.54) is 12.1 Å². The van der Waals surface area contributed by atoms with Gasteiger partial charge in [0.15, 0.2) is 0 Å². The second-order valence-electron chi connectivity index (χ2n) is 7.18. The van der Waals surface area contributed by atoms with Crippen LogP contribution in [0, 0.1) is 19.7 Å². The fourth-order valence-electron chi connectivity index (χ4n) is 3.20. The summed E-state index contributed by atoms with van der Waals surface area (Å²) in [5.41, 5.74) is 3.95. The number of aromatic nitrogens is 2. The molecule has 2 aromatic carbocycles. The van der Waals surface area contributed by atoms with E-state index in [0.29, 0.717) is 17.1 Å². The summed E-state index contributed by atoms with van der Waals surface area (Å²) in [6.45, 7) is 4.17. The molecule has 0 saturated carbocycles. The van der Waals surface area contributed by atoms with Crippen LogP contribution in [0.2, 0.25) is 5.02 Å². The average molecular weight is 415 g/mol. The first-order valence-electron chi connectivity index (χ1n) is 9.30. The quantitative estimate of drug-likeness (QED) is 0.653. The van der Waals surface area contributed by atoms with E-state index in [-0.39, 0.29) is 17.8 Å². The van der Waals surface area contributed by atoms with Gasteiger partial charge in [0.25, 0.3) is 5.91 Å². The van der Waals surface area contributed by atoms with Crippen LogP contribution in [0.15, 0.2) is 48.5 Å². The lowest BCUT2D eigenvalue weighted by Gasteiger charge is -2.25. The molecule has 0 radical (unpaired) electrons. The van der Waals surface area contributed by atoms with Gasteiger partial charge in [-0.25, -0.2) is 9.07 Å². The molecular formula is C22H24ClFN4O. The molecule has 1 aromatic heterocycles. The maximum Gasteiger partial charge on any atom is 0.251 e. The monoisotopic (exact) mass is 414 g/mol. The summed E-state index contributed by atoms with van der Waals surface area (Å²) in [6, 6.07) is 13.5. The lowest BCUT2D eigenvalue weighted by molar-refractivity contribution is 0.0942. The molecule has 0 bridgehead atoms. The minimum absolute atomic E-state index is 0.0596. The predicted molar refractivity (Wildman–Crippen MR) is 113 cm³/mol. The van der Waals surface area contributed by atoms with Crippen molar-refractivity contribution in [3.05, 3.63) is 81.9 Å². The summed E-state index contributed by atoms with van der Waals surface area (Å²) in [6.07, 6.45) is 0. The second-order valence-corrected chi connectivity index (χ2v) is 7.56. The van der Waals surface area contributed by atoms with Crippen LogP contribution in [-0.4, -0.2) is 41.2 Å². The molecule has 1 heterocycles. The second kappa shape index (κ2) is 8.76. The molecular weight excluding hydrogens is 391 g/mol. The van der Waals surface area contributed by atoms with Gasteiger partial charge in [-0.3, -0.25) is 4.79 Å². The number of carbonyl (C=O) groups is 1. The van der Waals surface area contributed by atoms with Gasteiger partial charge in [0.05, 0.1) is 28.1 Å². The van der Waals surface area contributed by atoms with Gasteiger partial charge in [0, 0.05) is 12.1 Å². The van der Waals surface area contributed by atoms with E-state index in [1.807, 2.05) is 45.0 Å². The summed E-state index contributed by atoms with van der Waals surface area (Å²) in [7, 11) is 3.85. The highest BCUT2D eigenvalue weighted by atomic mass is 35.5. The van der Waals surface area contributed by atoms with Gasteiger partial charge < -0.3 is 10.2 Å². The average Bonchev–Trinajstić information content (AvgIpc) is 2.96. The summed E-state index contributed by atoms with van der Waals surface area (Å²) in [5.74, 6) is -0.448. The van der Waals surface area contributed by atoms with Crippen molar-refractivity contribution in [3.63, 3.8) is 0 Å². The zero-order chi connectivity index (χ0) is 21.1. The Bertz CT molecular complexity index is 997. The summed E-state index contributed by atoms with van der Waals surface area (Å²) in [5, 5.41) is 8.03. The van der Waals surface area contributed by atoms with Crippen molar-refractivity contribution >= 4 is 17.5 Å². The van der Waals surface area contributed by atoms with Crippen molar-refractivity contribution in [2.24, 2.45) is 0 Å². The van der Waals surface area contributed by atoms with Gasteiger partial charge in [-0.05, 0) is 69.9 Å². The fraction of sp³-hybridized carbons (Fsp3) is 0.273. The lowest BCUT2D eigenvalue weighted by Crippen LogP contribution is -2.34. The van der Waals surface area contributed by atoms with Gasteiger partial charge in [0.1, 0.15) is 5.82 Å².